The van der Waals surface area contributed by atoms with E-state index >= 15 is 0 Å². The molecule has 2 heteroatoms. The minimum Gasteiger partial charge on any atom is -0.297 e. The summed E-state index contributed by atoms with van der Waals surface area (Å²) in [6.45, 7) is 10.5. The third kappa shape index (κ3) is 5.89. The Balaban J connectivity index is 2.49. The van der Waals surface area contributed by atoms with E-state index in [1.54, 1.807) is 0 Å². The van der Waals surface area contributed by atoms with Crippen LogP contribution in [0.25, 0.3) is 0 Å². The van der Waals surface area contributed by atoms with Gasteiger partial charge in [0.2, 0.25) is 0 Å². The maximum Gasteiger partial charge on any atom is 0.0683 e. The van der Waals surface area contributed by atoms with Crippen molar-refractivity contribution in [3.63, 3.8) is 0 Å². The predicted octanol–water partition coefficient (Wildman–Crippen LogP) is 4.23. The van der Waals surface area contributed by atoms with Crippen molar-refractivity contribution in [1.82, 2.24) is 4.90 Å². The van der Waals surface area contributed by atoms with Crippen LogP contribution in [0.4, 0.5) is 0 Å². The van der Waals surface area contributed by atoms with Crippen molar-refractivity contribution < 1.29 is 0 Å². The van der Waals surface area contributed by atoms with Crippen LogP contribution in [0, 0.1) is 16.7 Å². The summed E-state index contributed by atoms with van der Waals surface area (Å²) in [5.74, 6) is 0. The van der Waals surface area contributed by atoms with Gasteiger partial charge in [-0.15, -0.1) is 0 Å². The standard InChI is InChI=1S/C17H26N2/c1-15(2)19(12-8-11-17(3,4)14-18)13-16-9-6-5-7-10-16/h5-7,9-10,15H,8,11-13H2,1-4H3. The van der Waals surface area contributed by atoms with E-state index in [0.29, 0.717) is 6.04 Å². The van der Waals surface area contributed by atoms with Gasteiger partial charge in [-0.3, -0.25) is 4.90 Å². The molecule has 1 aromatic rings. The summed E-state index contributed by atoms with van der Waals surface area (Å²) in [6.07, 6.45) is 2.03. The molecule has 0 aromatic heterocycles. The zero-order valence-corrected chi connectivity index (χ0v) is 12.7. The molecule has 1 aromatic carbocycles. The topological polar surface area (TPSA) is 27.0 Å². The third-order valence-corrected chi connectivity index (χ3v) is 3.51. The molecule has 0 fully saturated rings. The SMILES string of the molecule is CC(C)N(CCCC(C)(C)C#N)Cc1ccccc1. The Morgan fingerprint density at radius 2 is 1.84 bits per heavy atom. The first kappa shape index (κ1) is 15.7. The van der Waals surface area contributed by atoms with Crippen molar-refractivity contribution in [3.05, 3.63) is 35.9 Å². The van der Waals surface area contributed by atoms with E-state index in [0.717, 1.165) is 25.9 Å². The second kappa shape index (κ2) is 7.31. The van der Waals surface area contributed by atoms with E-state index in [1.807, 2.05) is 13.8 Å². The van der Waals surface area contributed by atoms with Gasteiger partial charge < -0.3 is 0 Å². The first-order valence-corrected chi connectivity index (χ1v) is 7.14. The summed E-state index contributed by atoms with van der Waals surface area (Å²) in [5.41, 5.74) is 1.16. The van der Waals surface area contributed by atoms with Crippen molar-refractivity contribution in [2.45, 2.75) is 53.1 Å². The van der Waals surface area contributed by atoms with E-state index in [4.69, 9.17) is 5.26 Å². The average molecular weight is 258 g/mol. The Hall–Kier alpha value is -1.33. The molecule has 0 atom stereocenters. The fourth-order valence-electron chi connectivity index (χ4n) is 2.12. The Morgan fingerprint density at radius 1 is 1.21 bits per heavy atom. The second-order valence-electron chi connectivity index (χ2n) is 6.15. The molecule has 0 heterocycles. The molecule has 0 bridgehead atoms. The number of hydrogen-bond donors (Lipinski definition) is 0. The van der Waals surface area contributed by atoms with Crippen LogP contribution in [0.5, 0.6) is 0 Å². The monoisotopic (exact) mass is 258 g/mol. The van der Waals surface area contributed by atoms with Gasteiger partial charge in [-0.05, 0) is 52.6 Å². The van der Waals surface area contributed by atoms with Crippen LogP contribution in [0.3, 0.4) is 0 Å². The average Bonchev–Trinajstić information content (AvgIpc) is 2.38. The molecule has 104 valence electrons. The molecule has 0 amide bonds. The number of rotatable bonds is 7. The molecular formula is C17H26N2. The molecule has 2 nitrogen and oxygen atoms in total. The maximum absolute atomic E-state index is 9.04. The molecule has 0 N–H and O–H groups in total. The van der Waals surface area contributed by atoms with Crippen molar-refractivity contribution in [1.29, 1.82) is 5.26 Å². The highest BCUT2D eigenvalue weighted by Gasteiger charge is 2.17. The fourth-order valence-corrected chi connectivity index (χ4v) is 2.12. The Kier molecular flexibility index (Phi) is 6.05. The van der Waals surface area contributed by atoms with Gasteiger partial charge in [0.05, 0.1) is 11.5 Å². The van der Waals surface area contributed by atoms with Crippen LogP contribution in [0.2, 0.25) is 0 Å². The van der Waals surface area contributed by atoms with Crippen LogP contribution in [-0.4, -0.2) is 17.5 Å². The van der Waals surface area contributed by atoms with Crippen LogP contribution in [0.15, 0.2) is 30.3 Å². The summed E-state index contributed by atoms with van der Waals surface area (Å²) < 4.78 is 0. The highest BCUT2D eigenvalue weighted by Crippen LogP contribution is 2.21. The highest BCUT2D eigenvalue weighted by atomic mass is 15.1. The van der Waals surface area contributed by atoms with Gasteiger partial charge >= 0.3 is 0 Å². The highest BCUT2D eigenvalue weighted by molar-refractivity contribution is 5.14. The van der Waals surface area contributed by atoms with Gasteiger partial charge in [-0.2, -0.15) is 5.26 Å². The molecular weight excluding hydrogens is 232 g/mol. The summed E-state index contributed by atoms with van der Waals surface area (Å²) >= 11 is 0. The molecule has 0 aliphatic heterocycles. The van der Waals surface area contributed by atoms with Crippen molar-refractivity contribution in [2.75, 3.05) is 6.54 Å². The zero-order valence-electron chi connectivity index (χ0n) is 12.7. The smallest absolute Gasteiger partial charge is 0.0683 e. The van der Waals surface area contributed by atoms with E-state index in [1.165, 1.54) is 5.56 Å². The molecule has 0 radical (unpaired) electrons. The molecule has 0 saturated carbocycles. The van der Waals surface area contributed by atoms with Gasteiger partial charge in [0, 0.05) is 12.6 Å². The first-order valence-electron chi connectivity index (χ1n) is 7.14. The number of benzene rings is 1. The van der Waals surface area contributed by atoms with Gasteiger partial charge in [-0.1, -0.05) is 30.3 Å². The summed E-state index contributed by atoms with van der Waals surface area (Å²) in [5, 5.41) is 9.04. The maximum atomic E-state index is 9.04. The van der Waals surface area contributed by atoms with Gasteiger partial charge in [-0.25, -0.2) is 0 Å². The van der Waals surface area contributed by atoms with Crippen LogP contribution < -0.4 is 0 Å². The lowest BCUT2D eigenvalue weighted by atomic mass is 9.89. The summed E-state index contributed by atoms with van der Waals surface area (Å²) in [7, 11) is 0. The summed E-state index contributed by atoms with van der Waals surface area (Å²) in [6, 6.07) is 13.5. The van der Waals surface area contributed by atoms with Crippen molar-refractivity contribution in [3.8, 4) is 6.07 Å². The van der Waals surface area contributed by atoms with Crippen LogP contribution in [-0.2, 0) is 6.54 Å². The lowest BCUT2D eigenvalue weighted by molar-refractivity contribution is 0.201. The number of nitriles is 1. The second-order valence-corrected chi connectivity index (χ2v) is 6.15. The van der Waals surface area contributed by atoms with E-state index < -0.39 is 0 Å². The third-order valence-electron chi connectivity index (χ3n) is 3.51. The van der Waals surface area contributed by atoms with E-state index in [-0.39, 0.29) is 5.41 Å². The largest absolute Gasteiger partial charge is 0.297 e. The Morgan fingerprint density at radius 3 is 2.37 bits per heavy atom. The molecule has 0 unspecified atom stereocenters. The predicted molar refractivity (Wildman–Crippen MR) is 80.6 cm³/mol. The molecule has 1 rings (SSSR count). The molecule has 0 saturated heterocycles. The number of nitrogens with zero attached hydrogens (tertiary/aromatic N) is 2. The van der Waals surface area contributed by atoms with Gasteiger partial charge in [0.1, 0.15) is 0 Å². The molecule has 19 heavy (non-hydrogen) atoms. The van der Waals surface area contributed by atoms with Crippen molar-refractivity contribution >= 4 is 0 Å². The quantitative estimate of drug-likeness (QED) is 0.732. The number of hydrogen-bond acceptors (Lipinski definition) is 2. The molecule has 0 spiro atoms. The van der Waals surface area contributed by atoms with Crippen molar-refractivity contribution in [2.24, 2.45) is 5.41 Å². The van der Waals surface area contributed by atoms with Gasteiger partial charge in [0.25, 0.3) is 0 Å². The Bertz CT molecular complexity index is 401. The van der Waals surface area contributed by atoms with E-state index in [9.17, 15) is 0 Å². The minimum atomic E-state index is -0.199. The minimum absolute atomic E-state index is 0.199. The lowest BCUT2D eigenvalue weighted by Gasteiger charge is -2.27. The van der Waals surface area contributed by atoms with Crippen LogP contribution >= 0.6 is 0 Å². The zero-order chi connectivity index (χ0) is 14.3. The molecule has 0 aliphatic rings. The first-order chi connectivity index (χ1) is 8.94. The Labute approximate surface area is 118 Å². The fraction of sp³-hybridized carbons (Fsp3) is 0.588. The van der Waals surface area contributed by atoms with Crippen LogP contribution in [0.1, 0.15) is 46.1 Å². The van der Waals surface area contributed by atoms with E-state index in [2.05, 4.69) is 55.1 Å². The van der Waals surface area contributed by atoms with Gasteiger partial charge in [0.15, 0.2) is 0 Å². The normalized spacial score (nSPS) is 11.8. The summed E-state index contributed by atoms with van der Waals surface area (Å²) in [4.78, 5) is 2.47. The lowest BCUT2D eigenvalue weighted by Crippen LogP contribution is -2.31. The molecule has 0 aliphatic carbocycles.